The SMILES string of the molecule is CC.Cn1cc(-c2cc(C3CCCS3=O)ccc2Oc2ccc(CCC3CCN(C(=O)OC(C)(C)C)CC3)cc2)c2ccn(SI)c2c1=O. The Labute approximate surface area is 309 Å². The molecule has 2 atom stereocenters. The number of halogens is 1. The number of benzene rings is 2. The minimum Gasteiger partial charge on any atom is -0.457 e. The van der Waals surface area contributed by atoms with E-state index >= 15 is 0 Å². The van der Waals surface area contributed by atoms with E-state index in [0.717, 1.165) is 85.2 Å². The Morgan fingerprint density at radius 2 is 1.73 bits per heavy atom. The van der Waals surface area contributed by atoms with Crippen molar-refractivity contribution in [2.24, 2.45) is 13.0 Å². The molecule has 0 saturated carbocycles. The molecule has 264 valence electrons. The zero-order valence-corrected chi connectivity index (χ0v) is 33.2. The Balaban J connectivity index is 0.00000230. The molecule has 4 heterocycles. The van der Waals surface area contributed by atoms with E-state index in [0.29, 0.717) is 17.2 Å². The summed E-state index contributed by atoms with van der Waals surface area (Å²) in [6.45, 7) is 11.2. The number of amides is 1. The van der Waals surface area contributed by atoms with Crippen molar-refractivity contribution in [2.75, 3.05) is 18.8 Å². The van der Waals surface area contributed by atoms with Gasteiger partial charge < -0.3 is 18.9 Å². The van der Waals surface area contributed by atoms with Crippen molar-refractivity contribution in [1.29, 1.82) is 0 Å². The van der Waals surface area contributed by atoms with Crippen molar-refractivity contribution in [1.82, 2.24) is 13.4 Å². The van der Waals surface area contributed by atoms with E-state index in [1.165, 1.54) is 14.7 Å². The van der Waals surface area contributed by atoms with Gasteiger partial charge in [0.25, 0.3) is 5.56 Å². The van der Waals surface area contributed by atoms with Crippen LogP contribution in [0.5, 0.6) is 11.5 Å². The first-order valence-corrected chi connectivity index (χ1v) is 22.0. The van der Waals surface area contributed by atoms with Gasteiger partial charge in [-0.1, -0.05) is 32.0 Å². The largest absolute Gasteiger partial charge is 0.457 e. The van der Waals surface area contributed by atoms with Crippen LogP contribution in [0, 0.1) is 5.92 Å². The number of hydrogen-bond acceptors (Lipinski definition) is 6. The second-order valence-electron chi connectivity index (χ2n) is 13.6. The number of carbonyl (C=O) groups is 1. The van der Waals surface area contributed by atoms with E-state index in [9.17, 15) is 13.8 Å². The summed E-state index contributed by atoms with van der Waals surface area (Å²) in [6.07, 6.45) is 9.49. The lowest BCUT2D eigenvalue weighted by atomic mass is 9.90. The molecule has 0 radical (unpaired) electrons. The number of fused-ring (bicyclic) bond motifs is 1. The van der Waals surface area contributed by atoms with Crippen LogP contribution in [0.2, 0.25) is 0 Å². The molecule has 0 N–H and O–H groups in total. The Bertz CT molecular complexity index is 1840. The van der Waals surface area contributed by atoms with Crippen molar-refractivity contribution < 1.29 is 18.5 Å². The Hall–Kier alpha value is -2.77. The summed E-state index contributed by atoms with van der Waals surface area (Å²) in [4.78, 5) is 27.4. The van der Waals surface area contributed by atoms with Crippen LogP contribution >= 0.6 is 30.3 Å². The smallest absolute Gasteiger partial charge is 0.410 e. The topological polar surface area (TPSA) is 82.8 Å². The highest BCUT2D eigenvalue weighted by Crippen LogP contribution is 2.42. The van der Waals surface area contributed by atoms with Crippen LogP contribution in [0.1, 0.15) is 83.1 Å². The monoisotopic (exact) mass is 817 g/mol. The lowest BCUT2D eigenvalue weighted by Gasteiger charge is -2.33. The highest BCUT2D eigenvalue weighted by atomic mass is 127. The van der Waals surface area contributed by atoms with Gasteiger partial charge in [-0.3, -0.25) is 13.0 Å². The van der Waals surface area contributed by atoms with Crippen molar-refractivity contribution in [2.45, 2.75) is 84.0 Å². The molecule has 1 amide bonds. The van der Waals surface area contributed by atoms with Gasteiger partial charge in [-0.15, -0.1) is 0 Å². The summed E-state index contributed by atoms with van der Waals surface area (Å²) < 4.78 is 28.4. The fourth-order valence-electron chi connectivity index (χ4n) is 6.61. The lowest BCUT2D eigenvalue weighted by molar-refractivity contribution is 0.0181. The normalized spacial score (nSPS) is 18.3. The highest BCUT2D eigenvalue weighted by molar-refractivity contribution is 14.2. The highest BCUT2D eigenvalue weighted by Gasteiger charge is 2.28. The molecule has 2 fully saturated rings. The number of carbonyl (C=O) groups excluding carboxylic acids is 1. The van der Waals surface area contributed by atoms with E-state index in [1.54, 1.807) is 11.6 Å². The lowest BCUT2D eigenvalue weighted by Crippen LogP contribution is -2.41. The summed E-state index contributed by atoms with van der Waals surface area (Å²) in [6, 6.07) is 16.4. The molecule has 0 bridgehead atoms. The summed E-state index contributed by atoms with van der Waals surface area (Å²) in [5.41, 5.74) is 4.18. The second kappa shape index (κ2) is 16.5. The first-order valence-electron chi connectivity index (χ1n) is 17.3. The quantitative estimate of drug-likeness (QED) is 0.165. The third kappa shape index (κ3) is 8.94. The molecule has 2 aliphatic heterocycles. The van der Waals surface area contributed by atoms with E-state index in [1.807, 2.05) is 86.2 Å². The van der Waals surface area contributed by atoms with Gasteiger partial charge in [0.1, 0.15) is 22.6 Å². The van der Waals surface area contributed by atoms with Crippen LogP contribution in [0.15, 0.2) is 65.7 Å². The predicted molar refractivity (Wildman–Crippen MR) is 211 cm³/mol. The molecule has 0 spiro atoms. The molecular formula is C38H48IN3O5S2. The molecule has 2 saturated heterocycles. The minimum absolute atomic E-state index is 0.00385. The van der Waals surface area contributed by atoms with Crippen LogP contribution in [-0.4, -0.2) is 48.2 Å². The summed E-state index contributed by atoms with van der Waals surface area (Å²) >= 11 is 2.19. The number of likely N-dealkylation sites (tertiary alicyclic amines) is 1. The van der Waals surface area contributed by atoms with E-state index in [2.05, 4.69) is 39.4 Å². The average Bonchev–Trinajstić information content (AvgIpc) is 3.73. The maximum atomic E-state index is 13.2. The Kier molecular flexibility index (Phi) is 12.6. The van der Waals surface area contributed by atoms with Gasteiger partial charge in [0.2, 0.25) is 0 Å². The molecule has 0 aliphatic carbocycles. The van der Waals surface area contributed by atoms with Crippen molar-refractivity contribution >= 4 is 58.1 Å². The molecule has 49 heavy (non-hydrogen) atoms. The molecule has 6 rings (SSSR count). The predicted octanol–water partition coefficient (Wildman–Crippen LogP) is 9.84. The zero-order chi connectivity index (χ0) is 35.3. The van der Waals surface area contributed by atoms with Gasteiger partial charge in [0.15, 0.2) is 0 Å². The molecule has 2 aromatic carbocycles. The number of hydrogen-bond donors (Lipinski definition) is 0. The number of ether oxygens (including phenoxy) is 2. The summed E-state index contributed by atoms with van der Waals surface area (Å²) in [5, 5.41) is 0.864. The number of aromatic nitrogens is 2. The third-order valence-corrected chi connectivity index (χ3v) is 12.7. The van der Waals surface area contributed by atoms with Crippen LogP contribution in [0.3, 0.4) is 0 Å². The van der Waals surface area contributed by atoms with E-state index in [-0.39, 0.29) is 16.9 Å². The molecule has 8 nitrogen and oxygen atoms in total. The number of piperidine rings is 1. The van der Waals surface area contributed by atoms with Crippen molar-refractivity contribution in [3.8, 4) is 22.6 Å². The number of rotatable bonds is 8. The van der Waals surface area contributed by atoms with Gasteiger partial charge >= 0.3 is 6.09 Å². The standard InChI is InChI=1S/C36H42IN3O5S2.C2H6/c1-36(2,3)45-35(42)39-18-15-25(16-19-39)8-7-24-9-12-27(13-10-24)44-31-14-11-26(32-6-5-21-47(32)43)22-29(31)30-23-38(4)34(41)33-28(30)17-20-40(33)46-37;1-2/h9-14,17,20,22-23,25,32H,5-8,15-16,18-19,21H2,1-4H3;1-2H3. The maximum Gasteiger partial charge on any atom is 0.410 e. The molecular weight excluding hydrogens is 769 g/mol. The van der Waals surface area contributed by atoms with E-state index in [4.69, 9.17) is 9.47 Å². The van der Waals surface area contributed by atoms with Crippen molar-refractivity contribution in [3.05, 3.63) is 82.4 Å². The molecule has 11 heteroatoms. The van der Waals surface area contributed by atoms with Crippen LogP contribution < -0.4 is 10.3 Å². The molecule has 2 aromatic heterocycles. The first-order chi connectivity index (χ1) is 23.5. The van der Waals surface area contributed by atoms with Gasteiger partial charge in [-0.25, -0.2) is 4.79 Å². The second-order valence-corrected chi connectivity index (χ2v) is 17.1. The first kappa shape index (κ1) is 37.5. The Morgan fingerprint density at radius 1 is 1.02 bits per heavy atom. The zero-order valence-electron chi connectivity index (χ0n) is 29.4. The molecule has 2 aliphatic rings. The van der Waals surface area contributed by atoms with Crippen LogP contribution in [0.25, 0.3) is 22.0 Å². The van der Waals surface area contributed by atoms with Gasteiger partial charge in [-0.2, -0.15) is 0 Å². The fourth-order valence-corrected chi connectivity index (χ4v) is 9.56. The van der Waals surface area contributed by atoms with Crippen LogP contribution in [-0.2, 0) is 29.0 Å². The van der Waals surface area contributed by atoms with Gasteiger partial charge in [-0.05, 0) is 107 Å². The molecule has 2 unspecified atom stereocenters. The van der Waals surface area contributed by atoms with Gasteiger partial charge in [0.05, 0.1) is 5.25 Å². The maximum absolute atomic E-state index is 13.2. The fraction of sp³-hybridized carbons (Fsp3) is 0.474. The summed E-state index contributed by atoms with van der Waals surface area (Å²) in [7, 11) is 2.34. The third-order valence-electron chi connectivity index (χ3n) is 9.12. The number of nitrogens with zero attached hydrogens (tertiary/aromatic N) is 3. The van der Waals surface area contributed by atoms with Crippen LogP contribution in [0.4, 0.5) is 4.79 Å². The summed E-state index contributed by atoms with van der Waals surface area (Å²) in [5.74, 6) is 2.74. The van der Waals surface area contributed by atoms with Crippen molar-refractivity contribution in [3.63, 3.8) is 0 Å². The van der Waals surface area contributed by atoms with E-state index < -0.39 is 16.4 Å². The number of aryl methyl sites for hydroxylation is 2. The minimum atomic E-state index is -0.896. The molecule has 4 aromatic rings. The Morgan fingerprint density at radius 3 is 2.37 bits per heavy atom. The van der Waals surface area contributed by atoms with Gasteiger partial charge in [0, 0.05) is 95.9 Å². The average molecular weight is 818 g/mol. The number of pyridine rings is 1.